The zero-order chi connectivity index (χ0) is 14.7. The summed E-state index contributed by atoms with van der Waals surface area (Å²) in [7, 11) is 11.3. The molecule has 0 atom stereocenters. The fourth-order valence-electron chi connectivity index (χ4n) is 1.13. The molecule has 0 saturated heterocycles. The van der Waals surface area contributed by atoms with Gasteiger partial charge in [-0.1, -0.05) is 0 Å². The summed E-state index contributed by atoms with van der Waals surface area (Å²) in [5, 5.41) is 1.05. The lowest BCUT2D eigenvalue weighted by Gasteiger charge is -2.08. The molecule has 0 fully saturated rings. The van der Waals surface area contributed by atoms with Crippen molar-refractivity contribution in [1.29, 1.82) is 0 Å². The fraction of sp³-hybridized carbons (Fsp3) is 0.600. The third kappa shape index (κ3) is 3.95. The summed E-state index contributed by atoms with van der Waals surface area (Å²) < 4.78 is 3.78. The largest absolute Gasteiger partial charge is 0.353 e. The molecule has 19 heavy (non-hydrogen) atoms. The molecule has 0 unspecified atom stereocenters. The highest BCUT2D eigenvalue weighted by atomic mass is 32.1. The van der Waals surface area contributed by atoms with Gasteiger partial charge in [-0.05, 0) is 36.0 Å². The van der Waals surface area contributed by atoms with Gasteiger partial charge in [-0.25, -0.2) is 0 Å². The van der Waals surface area contributed by atoms with E-state index in [9.17, 15) is 0 Å². The van der Waals surface area contributed by atoms with Crippen LogP contribution in [-0.2, 0) is 14.1 Å². The Morgan fingerprint density at radius 1 is 1.00 bits per heavy atom. The molecule has 1 aromatic rings. The molecular formula is C10H18N6S3. The Balaban J connectivity index is 3.38. The van der Waals surface area contributed by atoms with Gasteiger partial charge in [0.2, 0.25) is 10.4 Å². The van der Waals surface area contributed by atoms with Crippen molar-refractivity contribution in [3.05, 3.63) is 10.4 Å². The molecule has 0 N–H and O–H groups in total. The highest BCUT2D eigenvalue weighted by Gasteiger charge is 2.04. The minimum Gasteiger partial charge on any atom is -0.353 e. The number of thiocarbonyl (C=S) groups is 2. The summed E-state index contributed by atoms with van der Waals surface area (Å²) in [6.07, 6.45) is 0. The third-order valence-corrected chi connectivity index (χ3v) is 4.12. The first kappa shape index (κ1) is 16.0. The molecule has 0 aliphatic heterocycles. The molecule has 1 heterocycles. The van der Waals surface area contributed by atoms with Crippen LogP contribution in [0, 0.1) is 0 Å². The maximum absolute atomic E-state index is 5.19. The van der Waals surface area contributed by atoms with Crippen LogP contribution in [0.4, 0.5) is 0 Å². The van der Waals surface area contributed by atoms with E-state index in [1.165, 1.54) is 11.5 Å². The van der Waals surface area contributed by atoms with Crippen LogP contribution in [0.1, 0.15) is 0 Å². The minimum atomic E-state index is 0.519. The van der Waals surface area contributed by atoms with Gasteiger partial charge in [0.05, 0.1) is 0 Å². The molecule has 0 bridgehead atoms. The number of hydrogen-bond donors (Lipinski definition) is 0. The molecule has 1 rings (SSSR count). The van der Waals surface area contributed by atoms with Crippen LogP contribution >= 0.6 is 36.0 Å². The van der Waals surface area contributed by atoms with E-state index in [-0.39, 0.29) is 0 Å². The Labute approximate surface area is 127 Å². The van der Waals surface area contributed by atoms with Gasteiger partial charge in [-0.15, -0.1) is 0 Å². The zero-order valence-corrected chi connectivity index (χ0v) is 14.4. The van der Waals surface area contributed by atoms with E-state index >= 15 is 0 Å². The molecule has 0 amide bonds. The summed E-state index contributed by atoms with van der Waals surface area (Å²) in [6.45, 7) is 0. The quantitative estimate of drug-likeness (QED) is 0.628. The van der Waals surface area contributed by atoms with Crippen LogP contribution in [0.2, 0.25) is 0 Å². The maximum atomic E-state index is 5.19. The molecule has 9 heteroatoms. The monoisotopic (exact) mass is 318 g/mol. The van der Waals surface area contributed by atoms with Crippen LogP contribution in [0.5, 0.6) is 0 Å². The van der Waals surface area contributed by atoms with E-state index in [1.807, 2.05) is 50.8 Å². The minimum absolute atomic E-state index is 0.519. The second-order valence-electron chi connectivity index (χ2n) is 4.31. The van der Waals surface area contributed by atoms with Gasteiger partial charge >= 0.3 is 0 Å². The Morgan fingerprint density at radius 3 is 1.95 bits per heavy atom. The van der Waals surface area contributed by atoms with Crippen molar-refractivity contribution in [2.24, 2.45) is 24.1 Å². The van der Waals surface area contributed by atoms with Crippen molar-refractivity contribution in [3.63, 3.8) is 0 Å². The van der Waals surface area contributed by atoms with E-state index in [4.69, 9.17) is 24.4 Å². The first-order chi connectivity index (χ1) is 8.73. The molecule has 0 saturated carbocycles. The summed E-state index contributed by atoms with van der Waals surface area (Å²) in [6, 6.07) is 0. The van der Waals surface area contributed by atoms with Crippen molar-refractivity contribution >= 4 is 46.2 Å². The number of nitrogens with zero attached hydrogens (tertiary/aromatic N) is 6. The van der Waals surface area contributed by atoms with E-state index in [1.54, 1.807) is 9.80 Å². The van der Waals surface area contributed by atoms with Crippen molar-refractivity contribution in [3.8, 4) is 0 Å². The SMILES string of the molecule is CN(C)C(=S)/N=c1\sn(C)/c(=N\C(=S)N(C)C)n1C. The molecule has 0 spiro atoms. The Morgan fingerprint density at radius 2 is 1.47 bits per heavy atom. The number of aromatic nitrogens is 2. The molecule has 0 aliphatic rings. The van der Waals surface area contributed by atoms with Crippen LogP contribution in [0.15, 0.2) is 9.98 Å². The van der Waals surface area contributed by atoms with E-state index < -0.39 is 0 Å². The van der Waals surface area contributed by atoms with Crippen molar-refractivity contribution in [1.82, 2.24) is 18.3 Å². The van der Waals surface area contributed by atoms with E-state index in [2.05, 4.69) is 9.98 Å². The maximum Gasteiger partial charge on any atom is 0.223 e. The molecule has 106 valence electrons. The summed E-state index contributed by atoms with van der Waals surface area (Å²) >= 11 is 11.8. The topological polar surface area (TPSA) is 41.1 Å². The lowest BCUT2D eigenvalue weighted by atomic mass is 10.8. The van der Waals surface area contributed by atoms with Crippen molar-refractivity contribution in [2.75, 3.05) is 28.2 Å². The Bertz CT molecular complexity index is 616. The van der Waals surface area contributed by atoms with Gasteiger partial charge in [-0.3, -0.25) is 8.52 Å². The first-order valence-electron chi connectivity index (χ1n) is 5.49. The average Bonchev–Trinajstić information content (AvgIpc) is 2.56. The molecule has 6 nitrogen and oxygen atoms in total. The van der Waals surface area contributed by atoms with Crippen molar-refractivity contribution in [2.45, 2.75) is 0 Å². The average molecular weight is 318 g/mol. The molecule has 0 radical (unpaired) electrons. The summed E-state index contributed by atoms with van der Waals surface area (Å²) in [5.74, 6) is 0. The molecule has 0 aliphatic carbocycles. The van der Waals surface area contributed by atoms with Gasteiger partial charge in [0, 0.05) is 42.3 Å². The molecule has 1 aromatic heterocycles. The number of hydrogen-bond acceptors (Lipinski definition) is 3. The summed E-state index contributed by atoms with van der Waals surface area (Å²) in [4.78, 5) is 13.2. The highest BCUT2D eigenvalue weighted by molar-refractivity contribution is 7.80. The van der Waals surface area contributed by atoms with Crippen LogP contribution in [0.25, 0.3) is 0 Å². The Kier molecular flexibility index (Phi) is 5.39. The number of aryl methyl sites for hydroxylation is 1. The van der Waals surface area contributed by atoms with Gasteiger partial charge in [-0.2, -0.15) is 9.98 Å². The van der Waals surface area contributed by atoms with Gasteiger partial charge in [0.1, 0.15) is 0 Å². The Hall–Kier alpha value is -1.06. The standard InChI is InChI=1S/C10H18N6S3/c1-13(2)8(17)11-7-15(5)10(19-16(7)6)12-9(18)14(3)4/h1-6H3/b11-7-,12-10-. The zero-order valence-electron chi connectivity index (χ0n) is 11.9. The first-order valence-corrected chi connectivity index (χ1v) is 7.08. The summed E-state index contributed by atoms with van der Waals surface area (Å²) in [5.41, 5.74) is 0.740. The van der Waals surface area contributed by atoms with E-state index in [0.717, 1.165) is 10.4 Å². The van der Waals surface area contributed by atoms with Crippen LogP contribution < -0.4 is 10.4 Å². The number of rotatable bonds is 0. The predicted octanol–water partition coefficient (Wildman–Crippen LogP) is -0.0805. The second kappa shape index (κ2) is 6.40. The predicted molar refractivity (Wildman–Crippen MR) is 86.0 cm³/mol. The van der Waals surface area contributed by atoms with Gasteiger partial charge < -0.3 is 9.80 Å². The molecule has 0 aromatic carbocycles. The second-order valence-corrected chi connectivity index (χ2v) is 6.13. The molecular weight excluding hydrogens is 300 g/mol. The van der Waals surface area contributed by atoms with Crippen LogP contribution in [-0.4, -0.2) is 56.7 Å². The van der Waals surface area contributed by atoms with E-state index in [0.29, 0.717) is 10.2 Å². The smallest absolute Gasteiger partial charge is 0.223 e. The normalized spacial score (nSPS) is 12.7. The van der Waals surface area contributed by atoms with Crippen molar-refractivity contribution < 1.29 is 0 Å². The highest BCUT2D eigenvalue weighted by Crippen LogP contribution is 1.88. The fourth-order valence-corrected chi connectivity index (χ4v) is 2.18. The van der Waals surface area contributed by atoms with Crippen LogP contribution in [0.3, 0.4) is 0 Å². The van der Waals surface area contributed by atoms with Gasteiger partial charge in [0.15, 0.2) is 10.2 Å². The third-order valence-electron chi connectivity index (χ3n) is 2.24. The lowest BCUT2D eigenvalue weighted by molar-refractivity contribution is 0.617. The van der Waals surface area contributed by atoms with Gasteiger partial charge in [0.25, 0.3) is 0 Å². The lowest BCUT2D eigenvalue weighted by Crippen LogP contribution is -2.31.